The number of nitrogens with zero attached hydrogens (tertiary/aromatic N) is 4. The van der Waals surface area contributed by atoms with Crippen LogP contribution >= 0.6 is 11.3 Å². The second kappa shape index (κ2) is 11.5. The van der Waals surface area contributed by atoms with E-state index >= 15 is 0 Å². The van der Waals surface area contributed by atoms with E-state index in [2.05, 4.69) is 52.8 Å². The summed E-state index contributed by atoms with van der Waals surface area (Å²) in [5.41, 5.74) is 5.46. The van der Waals surface area contributed by atoms with E-state index in [0.29, 0.717) is 17.6 Å². The van der Waals surface area contributed by atoms with Crippen LogP contribution in [0.25, 0.3) is 0 Å². The van der Waals surface area contributed by atoms with Crippen LogP contribution in [0.2, 0.25) is 0 Å². The first-order chi connectivity index (χ1) is 17.3. The molecule has 1 N–H and O–H groups in total. The van der Waals surface area contributed by atoms with Crippen LogP contribution in [0, 0.1) is 6.92 Å². The lowest BCUT2D eigenvalue weighted by Gasteiger charge is -2.30. The standard InChI is InChI=1S/C29H33N5OS/c1-20(2)33(21(3)4)19-23-9-11-24(12-10-23)28(35)32-25-13-8-22(5)27(17-25)34(29-31-15-16-36-29)26-7-6-14-30-18-26/h6-18,20-21H,19H2,1-5H3,(H,32,35). The normalized spacial score (nSPS) is 11.3. The number of carbonyl (C=O) groups excluding carboxylic acids is 1. The molecule has 2 heterocycles. The van der Waals surface area contributed by atoms with Crippen molar-refractivity contribution < 1.29 is 4.79 Å². The third-order valence-corrected chi connectivity index (χ3v) is 6.89. The Kier molecular flexibility index (Phi) is 8.13. The fourth-order valence-electron chi connectivity index (χ4n) is 4.23. The molecule has 6 nitrogen and oxygen atoms in total. The topological polar surface area (TPSA) is 61.4 Å². The third-order valence-electron chi connectivity index (χ3n) is 6.13. The van der Waals surface area contributed by atoms with Crippen molar-refractivity contribution in [3.05, 3.63) is 95.3 Å². The van der Waals surface area contributed by atoms with E-state index in [-0.39, 0.29) is 5.91 Å². The number of rotatable bonds is 9. The summed E-state index contributed by atoms with van der Waals surface area (Å²) >= 11 is 1.55. The molecule has 0 bridgehead atoms. The number of aryl methyl sites for hydroxylation is 1. The molecule has 4 rings (SSSR count). The smallest absolute Gasteiger partial charge is 0.255 e. The van der Waals surface area contributed by atoms with Gasteiger partial charge in [0, 0.05) is 47.7 Å². The van der Waals surface area contributed by atoms with E-state index in [1.165, 1.54) is 5.56 Å². The van der Waals surface area contributed by atoms with E-state index < -0.39 is 0 Å². The molecule has 186 valence electrons. The molecule has 2 aromatic carbocycles. The Balaban J connectivity index is 1.55. The summed E-state index contributed by atoms with van der Waals surface area (Å²) in [4.78, 5) is 26.4. The van der Waals surface area contributed by atoms with Gasteiger partial charge in [0.25, 0.3) is 5.91 Å². The largest absolute Gasteiger partial charge is 0.322 e. The van der Waals surface area contributed by atoms with E-state index in [0.717, 1.165) is 34.3 Å². The van der Waals surface area contributed by atoms with Gasteiger partial charge in [0.05, 0.1) is 17.6 Å². The molecule has 0 spiro atoms. The second-order valence-corrected chi connectivity index (χ2v) is 10.2. The highest BCUT2D eigenvalue weighted by atomic mass is 32.1. The molecule has 0 saturated carbocycles. The zero-order valence-electron chi connectivity index (χ0n) is 21.5. The Morgan fingerprint density at radius 1 is 1.00 bits per heavy atom. The zero-order chi connectivity index (χ0) is 25.7. The van der Waals surface area contributed by atoms with Gasteiger partial charge in [-0.25, -0.2) is 4.98 Å². The molecule has 0 fully saturated rings. The molecular weight excluding hydrogens is 466 g/mol. The van der Waals surface area contributed by atoms with Gasteiger partial charge in [-0.05, 0) is 82.1 Å². The molecule has 0 radical (unpaired) electrons. The van der Waals surface area contributed by atoms with Crippen LogP contribution in [0.4, 0.5) is 22.2 Å². The fraction of sp³-hybridized carbons (Fsp3) is 0.276. The second-order valence-electron chi connectivity index (χ2n) is 9.37. The Bertz CT molecular complexity index is 1260. The van der Waals surface area contributed by atoms with E-state index in [1.54, 1.807) is 23.7 Å². The highest BCUT2D eigenvalue weighted by Gasteiger charge is 2.18. The molecule has 0 atom stereocenters. The monoisotopic (exact) mass is 499 g/mol. The predicted octanol–water partition coefficient (Wildman–Crippen LogP) is 7.19. The molecule has 1 amide bonds. The number of thiazole rings is 1. The molecular formula is C29H33N5OS. The Morgan fingerprint density at radius 2 is 1.75 bits per heavy atom. The number of carbonyl (C=O) groups is 1. The van der Waals surface area contributed by atoms with E-state index in [9.17, 15) is 4.79 Å². The summed E-state index contributed by atoms with van der Waals surface area (Å²) < 4.78 is 0. The lowest BCUT2D eigenvalue weighted by atomic mass is 10.1. The van der Waals surface area contributed by atoms with Crippen LogP contribution in [0.3, 0.4) is 0 Å². The average molecular weight is 500 g/mol. The maximum absolute atomic E-state index is 13.1. The van der Waals surface area contributed by atoms with Crippen molar-refractivity contribution >= 4 is 39.4 Å². The molecule has 36 heavy (non-hydrogen) atoms. The molecule has 2 aromatic heterocycles. The Hall–Kier alpha value is -3.55. The highest BCUT2D eigenvalue weighted by molar-refractivity contribution is 7.13. The number of nitrogens with one attached hydrogen (secondary N) is 1. The van der Waals surface area contributed by atoms with Gasteiger partial charge in [-0.2, -0.15) is 0 Å². The van der Waals surface area contributed by atoms with E-state index in [1.807, 2.05) is 73.1 Å². The molecule has 0 aliphatic carbocycles. The van der Waals surface area contributed by atoms with Crippen LogP contribution in [-0.2, 0) is 6.54 Å². The Labute approximate surface area is 217 Å². The van der Waals surface area contributed by atoms with Gasteiger partial charge in [0.15, 0.2) is 5.13 Å². The minimum absolute atomic E-state index is 0.136. The van der Waals surface area contributed by atoms with Crippen LogP contribution in [0.1, 0.15) is 49.2 Å². The molecule has 0 saturated heterocycles. The predicted molar refractivity (Wildman–Crippen MR) is 150 cm³/mol. The van der Waals surface area contributed by atoms with Gasteiger partial charge >= 0.3 is 0 Å². The number of anilines is 4. The molecule has 0 unspecified atom stereocenters. The number of pyridine rings is 1. The van der Waals surface area contributed by atoms with Gasteiger partial charge in [-0.1, -0.05) is 18.2 Å². The maximum Gasteiger partial charge on any atom is 0.255 e. The van der Waals surface area contributed by atoms with E-state index in [4.69, 9.17) is 0 Å². The third kappa shape index (κ3) is 5.98. The molecule has 0 aliphatic rings. The van der Waals surface area contributed by atoms with Gasteiger partial charge in [0.2, 0.25) is 0 Å². The van der Waals surface area contributed by atoms with Crippen molar-refractivity contribution in [1.29, 1.82) is 0 Å². The number of aromatic nitrogens is 2. The highest BCUT2D eigenvalue weighted by Crippen LogP contribution is 2.38. The van der Waals surface area contributed by atoms with Gasteiger partial charge in [-0.15, -0.1) is 11.3 Å². The van der Waals surface area contributed by atoms with Crippen molar-refractivity contribution in [3.63, 3.8) is 0 Å². The van der Waals surface area contributed by atoms with Crippen LogP contribution < -0.4 is 10.2 Å². The minimum atomic E-state index is -0.136. The average Bonchev–Trinajstić information content (AvgIpc) is 3.39. The van der Waals surface area contributed by atoms with Crippen molar-refractivity contribution in [3.8, 4) is 0 Å². The number of amides is 1. The van der Waals surface area contributed by atoms with Crippen molar-refractivity contribution in [2.45, 2.75) is 53.2 Å². The van der Waals surface area contributed by atoms with Crippen LogP contribution in [-0.4, -0.2) is 32.9 Å². The summed E-state index contributed by atoms with van der Waals surface area (Å²) in [5, 5.41) is 5.85. The van der Waals surface area contributed by atoms with Crippen molar-refractivity contribution in [2.75, 3.05) is 10.2 Å². The quantitative estimate of drug-likeness (QED) is 0.264. The summed E-state index contributed by atoms with van der Waals surface area (Å²) in [6, 6.07) is 18.6. The first-order valence-electron chi connectivity index (χ1n) is 12.2. The summed E-state index contributed by atoms with van der Waals surface area (Å²) in [6.45, 7) is 11.8. The first kappa shape index (κ1) is 25.5. The maximum atomic E-state index is 13.1. The van der Waals surface area contributed by atoms with Gasteiger partial charge < -0.3 is 5.32 Å². The SMILES string of the molecule is Cc1ccc(NC(=O)c2ccc(CN(C(C)C)C(C)C)cc2)cc1N(c1cccnc1)c1nccs1. The summed E-state index contributed by atoms with van der Waals surface area (Å²) in [7, 11) is 0. The lowest BCUT2D eigenvalue weighted by molar-refractivity contribution is 0.102. The van der Waals surface area contributed by atoms with Crippen LogP contribution in [0.15, 0.2) is 78.6 Å². The molecule has 4 aromatic rings. The lowest BCUT2D eigenvalue weighted by Crippen LogP contribution is -2.36. The zero-order valence-corrected chi connectivity index (χ0v) is 22.3. The first-order valence-corrected chi connectivity index (χ1v) is 13.1. The minimum Gasteiger partial charge on any atom is -0.322 e. The van der Waals surface area contributed by atoms with Crippen LogP contribution in [0.5, 0.6) is 0 Å². The van der Waals surface area contributed by atoms with Gasteiger partial charge in [-0.3, -0.25) is 19.6 Å². The summed E-state index contributed by atoms with van der Waals surface area (Å²) in [6.07, 6.45) is 5.35. The fourth-order valence-corrected chi connectivity index (χ4v) is 4.90. The van der Waals surface area contributed by atoms with Crippen molar-refractivity contribution in [2.24, 2.45) is 0 Å². The summed E-state index contributed by atoms with van der Waals surface area (Å²) in [5.74, 6) is -0.136. The number of hydrogen-bond donors (Lipinski definition) is 1. The Morgan fingerprint density at radius 3 is 2.36 bits per heavy atom. The molecule has 7 heteroatoms. The number of benzene rings is 2. The molecule has 0 aliphatic heterocycles. The van der Waals surface area contributed by atoms with Gasteiger partial charge in [0.1, 0.15) is 0 Å². The van der Waals surface area contributed by atoms with Crippen molar-refractivity contribution in [1.82, 2.24) is 14.9 Å². The number of hydrogen-bond acceptors (Lipinski definition) is 6.